The van der Waals surface area contributed by atoms with Gasteiger partial charge in [-0.1, -0.05) is 30.7 Å². The fraction of sp³-hybridized carbons (Fsp3) is 0.231. The smallest absolute Gasteiger partial charge is 0.163 e. The number of halogens is 1. The van der Waals surface area contributed by atoms with E-state index in [9.17, 15) is 0 Å². The van der Waals surface area contributed by atoms with E-state index in [-0.39, 0.29) is 0 Å². The minimum Gasteiger partial charge on any atom is -0.383 e. The molecule has 0 saturated carbocycles. The van der Waals surface area contributed by atoms with Crippen LogP contribution in [0.2, 0.25) is 5.02 Å². The van der Waals surface area contributed by atoms with Gasteiger partial charge in [0.15, 0.2) is 5.82 Å². The summed E-state index contributed by atoms with van der Waals surface area (Å²) in [5.74, 6) is 1.11. The summed E-state index contributed by atoms with van der Waals surface area (Å²) in [5, 5.41) is 0.637. The van der Waals surface area contributed by atoms with Crippen molar-refractivity contribution in [2.45, 2.75) is 20.3 Å². The lowest BCUT2D eigenvalue weighted by Crippen LogP contribution is -2.04. The molecule has 88 valence electrons. The van der Waals surface area contributed by atoms with E-state index in [4.69, 9.17) is 17.3 Å². The first-order valence-corrected chi connectivity index (χ1v) is 5.89. The zero-order valence-corrected chi connectivity index (χ0v) is 10.6. The zero-order valence-electron chi connectivity index (χ0n) is 9.87. The van der Waals surface area contributed by atoms with Crippen LogP contribution in [0.15, 0.2) is 24.3 Å². The highest BCUT2D eigenvalue weighted by Gasteiger charge is 2.10. The highest BCUT2D eigenvalue weighted by atomic mass is 35.5. The number of nitrogens with two attached hydrogens (primary N) is 1. The van der Waals surface area contributed by atoms with E-state index in [1.807, 2.05) is 38.1 Å². The van der Waals surface area contributed by atoms with Crippen molar-refractivity contribution in [3.8, 4) is 11.4 Å². The summed E-state index contributed by atoms with van der Waals surface area (Å²) in [6, 6.07) is 7.50. The molecule has 0 unspecified atom stereocenters. The Labute approximate surface area is 106 Å². The van der Waals surface area contributed by atoms with Gasteiger partial charge in [0.25, 0.3) is 0 Å². The molecule has 0 aliphatic carbocycles. The molecule has 0 aliphatic rings. The maximum atomic E-state index is 6.13. The van der Waals surface area contributed by atoms with Gasteiger partial charge in [0.2, 0.25) is 0 Å². The van der Waals surface area contributed by atoms with Gasteiger partial charge in [-0.2, -0.15) is 0 Å². The molecule has 3 nitrogen and oxygen atoms in total. The van der Waals surface area contributed by atoms with Crippen molar-refractivity contribution in [3.63, 3.8) is 0 Å². The highest BCUT2D eigenvalue weighted by molar-refractivity contribution is 6.33. The maximum Gasteiger partial charge on any atom is 0.163 e. The first-order valence-electron chi connectivity index (χ1n) is 5.51. The third kappa shape index (κ3) is 2.24. The Kier molecular flexibility index (Phi) is 3.29. The van der Waals surface area contributed by atoms with Gasteiger partial charge < -0.3 is 5.73 Å². The van der Waals surface area contributed by atoms with Crippen molar-refractivity contribution in [2.24, 2.45) is 0 Å². The topological polar surface area (TPSA) is 51.8 Å². The quantitative estimate of drug-likeness (QED) is 0.886. The third-order valence-corrected chi connectivity index (χ3v) is 3.06. The van der Waals surface area contributed by atoms with Crippen molar-refractivity contribution in [1.29, 1.82) is 0 Å². The standard InChI is InChI=1S/C13H14ClN3/c1-3-11-8(2)12(15)17-13(16-11)9-6-4-5-7-10(9)14/h4-7H,3H2,1-2H3,(H2,15,16,17). The lowest BCUT2D eigenvalue weighted by atomic mass is 10.1. The monoisotopic (exact) mass is 247 g/mol. The Morgan fingerprint density at radius 2 is 1.94 bits per heavy atom. The fourth-order valence-electron chi connectivity index (χ4n) is 1.69. The molecule has 4 heteroatoms. The number of benzene rings is 1. The van der Waals surface area contributed by atoms with E-state index >= 15 is 0 Å². The van der Waals surface area contributed by atoms with Crippen LogP contribution in [0.1, 0.15) is 18.2 Å². The van der Waals surface area contributed by atoms with Crippen molar-refractivity contribution in [2.75, 3.05) is 5.73 Å². The van der Waals surface area contributed by atoms with Crippen LogP contribution in [0.5, 0.6) is 0 Å². The molecule has 0 radical (unpaired) electrons. The van der Waals surface area contributed by atoms with Gasteiger partial charge >= 0.3 is 0 Å². The number of nitrogen functional groups attached to an aromatic ring is 1. The Morgan fingerprint density at radius 3 is 2.59 bits per heavy atom. The fourth-order valence-corrected chi connectivity index (χ4v) is 1.91. The van der Waals surface area contributed by atoms with Gasteiger partial charge in [0.1, 0.15) is 5.82 Å². The Morgan fingerprint density at radius 1 is 1.24 bits per heavy atom. The van der Waals surface area contributed by atoms with Crippen LogP contribution in [0.25, 0.3) is 11.4 Å². The molecule has 2 rings (SSSR count). The average Bonchev–Trinajstić information content (AvgIpc) is 2.33. The molecule has 1 aromatic carbocycles. The molecule has 0 atom stereocenters. The molecule has 17 heavy (non-hydrogen) atoms. The normalized spacial score (nSPS) is 10.5. The summed E-state index contributed by atoms with van der Waals surface area (Å²) < 4.78 is 0. The second-order valence-corrected chi connectivity index (χ2v) is 4.24. The van der Waals surface area contributed by atoms with Gasteiger partial charge in [-0.15, -0.1) is 0 Å². The molecule has 1 heterocycles. The first kappa shape index (κ1) is 11.9. The predicted octanol–water partition coefficient (Wildman–Crippen LogP) is 3.25. The number of nitrogens with zero attached hydrogens (tertiary/aromatic N) is 2. The summed E-state index contributed by atoms with van der Waals surface area (Å²) in [7, 11) is 0. The molecule has 2 aromatic rings. The molecular formula is C13H14ClN3. The number of hydrogen-bond donors (Lipinski definition) is 1. The van der Waals surface area contributed by atoms with Crippen LogP contribution in [-0.4, -0.2) is 9.97 Å². The predicted molar refractivity (Wildman–Crippen MR) is 71.0 cm³/mol. The van der Waals surface area contributed by atoms with Crippen LogP contribution < -0.4 is 5.73 Å². The lowest BCUT2D eigenvalue weighted by molar-refractivity contribution is 0.982. The highest BCUT2D eigenvalue weighted by Crippen LogP contribution is 2.26. The van der Waals surface area contributed by atoms with E-state index in [0.29, 0.717) is 16.7 Å². The molecule has 0 saturated heterocycles. The van der Waals surface area contributed by atoms with Gasteiger partial charge in [-0.3, -0.25) is 0 Å². The molecule has 1 aromatic heterocycles. The molecule has 2 N–H and O–H groups in total. The van der Waals surface area contributed by atoms with E-state index in [2.05, 4.69) is 9.97 Å². The molecule has 0 aliphatic heterocycles. The number of aromatic nitrogens is 2. The number of rotatable bonds is 2. The van der Waals surface area contributed by atoms with Crippen molar-refractivity contribution in [1.82, 2.24) is 9.97 Å². The minimum absolute atomic E-state index is 0.520. The van der Waals surface area contributed by atoms with Crippen molar-refractivity contribution >= 4 is 17.4 Å². The van der Waals surface area contributed by atoms with E-state index in [0.717, 1.165) is 23.2 Å². The van der Waals surface area contributed by atoms with Gasteiger partial charge in [0, 0.05) is 16.8 Å². The van der Waals surface area contributed by atoms with E-state index < -0.39 is 0 Å². The Hall–Kier alpha value is -1.61. The Balaban J connectivity index is 2.61. The van der Waals surface area contributed by atoms with Crippen LogP contribution >= 0.6 is 11.6 Å². The maximum absolute atomic E-state index is 6.13. The van der Waals surface area contributed by atoms with Crippen LogP contribution in [0.4, 0.5) is 5.82 Å². The molecule has 0 amide bonds. The van der Waals surface area contributed by atoms with Crippen molar-refractivity contribution in [3.05, 3.63) is 40.5 Å². The lowest BCUT2D eigenvalue weighted by Gasteiger charge is -2.09. The second-order valence-electron chi connectivity index (χ2n) is 3.84. The van der Waals surface area contributed by atoms with Gasteiger partial charge in [-0.25, -0.2) is 9.97 Å². The average molecular weight is 248 g/mol. The van der Waals surface area contributed by atoms with Crippen LogP contribution in [0, 0.1) is 6.92 Å². The van der Waals surface area contributed by atoms with Gasteiger partial charge in [0.05, 0.1) is 5.02 Å². The molecular weight excluding hydrogens is 234 g/mol. The molecule has 0 bridgehead atoms. The summed E-state index contributed by atoms with van der Waals surface area (Å²) in [4.78, 5) is 8.80. The summed E-state index contributed by atoms with van der Waals surface area (Å²) >= 11 is 6.13. The van der Waals surface area contributed by atoms with Crippen LogP contribution in [0.3, 0.4) is 0 Å². The minimum atomic E-state index is 0.520. The van der Waals surface area contributed by atoms with E-state index in [1.165, 1.54) is 0 Å². The largest absolute Gasteiger partial charge is 0.383 e. The molecule has 0 spiro atoms. The van der Waals surface area contributed by atoms with Gasteiger partial charge in [-0.05, 0) is 25.5 Å². The summed E-state index contributed by atoms with van der Waals surface area (Å²) in [6.45, 7) is 3.98. The van der Waals surface area contributed by atoms with Crippen LogP contribution in [-0.2, 0) is 6.42 Å². The number of anilines is 1. The first-order chi connectivity index (χ1) is 8.13. The SMILES string of the molecule is CCc1nc(-c2ccccc2Cl)nc(N)c1C. The second kappa shape index (κ2) is 4.72. The molecule has 0 fully saturated rings. The third-order valence-electron chi connectivity index (χ3n) is 2.73. The van der Waals surface area contributed by atoms with Crippen molar-refractivity contribution < 1.29 is 0 Å². The summed E-state index contributed by atoms with van der Waals surface area (Å²) in [5.41, 5.74) is 8.62. The zero-order chi connectivity index (χ0) is 12.4. The number of aryl methyl sites for hydroxylation is 1. The number of hydrogen-bond acceptors (Lipinski definition) is 3. The summed E-state index contributed by atoms with van der Waals surface area (Å²) in [6.07, 6.45) is 0.829. The van der Waals surface area contributed by atoms with E-state index in [1.54, 1.807) is 0 Å². The Bertz CT molecular complexity index is 552.